The second-order valence-electron chi connectivity index (χ2n) is 8.90. The number of anilines is 1. The monoisotopic (exact) mass is 483 g/mol. The molecular weight excluding hydrogens is 456 g/mol. The van der Waals surface area contributed by atoms with E-state index in [1.54, 1.807) is 30.3 Å². The zero-order chi connectivity index (χ0) is 25.1. The number of carbonyl (C=O) groups excluding carboxylic acids is 2. The van der Waals surface area contributed by atoms with Crippen molar-refractivity contribution in [2.75, 3.05) is 12.3 Å². The van der Waals surface area contributed by atoms with Gasteiger partial charge in [0.25, 0.3) is 0 Å². The number of nitrogens with zero attached hydrogens (tertiary/aromatic N) is 4. The molecule has 3 aromatic rings. The van der Waals surface area contributed by atoms with Gasteiger partial charge < -0.3 is 16.0 Å². The molecule has 2 aromatic heterocycles. The number of halogens is 2. The van der Waals surface area contributed by atoms with Gasteiger partial charge in [-0.1, -0.05) is 32.0 Å². The third kappa shape index (κ3) is 5.44. The Labute approximate surface area is 201 Å². The summed E-state index contributed by atoms with van der Waals surface area (Å²) in [6.07, 6.45) is -0.213. The number of H-pyrrole nitrogens is 1. The molecule has 3 heterocycles. The SMILES string of the molecule is CC(C)c1ccc([C@@H](NC(=O)[C@@H]2C[C@@H](F)CN2C(=O)Cc2cn[nH]n2)c2cccc(N)n2)cc1F. The van der Waals surface area contributed by atoms with E-state index in [2.05, 4.69) is 25.7 Å². The lowest BCUT2D eigenvalue weighted by Gasteiger charge is -2.26. The van der Waals surface area contributed by atoms with Crippen LogP contribution in [0.25, 0.3) is 0 Å². The van der Waals surface area contributed by atoms with Gasteiger partial charge in [-0.05, 0) is 35.2 Å². The van der Waals surface area contributed by atoms with E-state index >= 15 is 0 Å². The van der Waals surface area contributed by atoms with E-state index in [0.717, 1.165) is 0 Å². The number of likely N-dealkylation sites (tertiary alicyclic amines) is 1. The molecule has 4 N–H and O–H groups in total. The van der Waals surface area contributed by atoms with Crippen molar-refractivity contribution >= 4 is 17.6 Å². The number of alkyl halides is 1. The standard InChI is InChI=1S/C24H27F2N7O2/c1-13(2)17-7-6-14(8-18(17)26)23(19-4-3-5-21(27)29-19)30-24(35)20-9-15(25)12-33(20)22(34)10-16-11-28-32-31-16/h3-8,11,13,15,20,23H,9-10,12H2,1-2H3,(H2,27,29)(H,30,35)(H,28,31,32)/t15-,20+,23-/m1/s1. The molecule has 1 aliphatic heterocycles. The summed E-state index contributed by atoms with van der Waals surface area (Å²) in [5.74, 6) is -1.21. The molecule has 1 fully saturated rings. The van der Waals surface area contributed by atoms with Crippen molar-refractivity contribution in [2.24, 2.45) is 0 Å². The predicted octanol–water partition coefficient (Wildman–Crippen LogP) is 2.43. The van der Waals surface area contributed by atoms with E-state index < -0.39 is 35.9 Å². The molecule has 0 aliphatic carbocycles. The van der Waals surface area contributed by atoms with Crippen LogP contribution in [0.3, 0.4) is 0 Å². The van der Waals surface area contributed by atoms with Crippen molar-refractivity contribution < 1.29 is 18.4 Å². The van der Waals surface area contributed by atoms with E-state index in [-0.39, 0.29) is 31.1 Å². The van der Waals surface area contributed by atoms with Gasteiger partial charge in [0.15, 0.2) is 0 Å². The number of nitrogen functional groups attached to an aromatic ring is 1. The lowest BCUT2D eigenvalue weighted by Crippen LogP contribution is -2.47. The van der Waals surface area contributed by atoms with Crippen LogP contribution in [0.4, 0.5) is 14.6 Å². The van der Waals surface area contributed by atoms with Crippen LogP contribution < -0.4 is 11.1 Å². The largest absolute Gasteiger partial charge is 0.384 e. The molecule has 0 radical (unpaired) electrons. The summed E-state index contributed by atoms with van der Waals surface area (Å²) in [7, 11) is 0. The van der Waals surface area contributed by atoms with Crippen LogP contribution in [0.15, 0.2) is 42.6 Å². The minimum absolute atomic E-state index is 0.0214. The fourth-order valence-corrected chi connectivity index (χ4v) is 4.26. The minimum atomic E-state index is -1.35. The third-order valence-electron chi connectivity index (χ3n) is 6.02. The molecule has 1 aromatic carbocycles. The zero-order valence-electron chi connectivity index (χ0n) is 19.4. The number of benzene rings is 1. The third-order valence-corrected chi connectivity index (χ3v) is 6.02. The van der Waals surface area contributed by atoms with Gasteiger partial charge in [-0.25, -0.2) is 13.8 Å². The Kier molecular flexibility index (Phi) is 7.04. The Hall–Kier alpha value is -3.89. The van der Waals surface area contributed by atoms with Gasteiger partial charge >= 0.3 is 0 Å². The van der Waals surface area contributed by atoms with Crippen molar-refractivity contribution in [3.8, 4) is 0 Å². The lowest BCUT2D eigenvalue weighted by molar-refractivity contribution is -0.138. The minimum Gasteiger partial charge on any atom is -0.384 e. The summed E-state index contributed by atoms with van der Waals surface area (Å²) in [5.41, 5.74) is 7.63. The first-order valence-corrected chi connectivity index (χ1v) is 11.3. The highest BCUT2D eigenvalue weighted by molar-refractivity contribution is 5.89. The van der Waals surface area contributed by atoms with E-state index in [9.17, 15) is 18.4 Å². The van der Waals surface area contributed by atoms with Crippen LogP contribution in [0.1, 0.15) is 54.7 Å². The molecule has 2 amide bonds. The number of aromatic amines is 1. The van der Waals surface area contributed by atoms with Crippen LogP contribution in [0, 0.1) is 5.82 Å². The molecule has 0 spiro atoms. The molecule has 1 aliphatic rings. The highest BCUT2D eigenvalue weighted by Crippen LogP contribution is 2.28. The number of nitrogens with one attached hydrogen (secondary N) is 2. The van der Waals surface area contributed by atoms with Crippen LogP contribution in [-0.4, -0.2) is 55.9 Å². The van der Waals surface area contributed by atoms with Crippen LogP contribution in [0.2, 0.25) is 0 Å². The Morgan fingerprint density at radius 2 is 2.09 bits per heavy atom. The van der Waals surface area contributed by atoms with Crippen molar-refractivity contribution in [1.82, 2.24) is 30.6 Å². The number of pyridine rings is 1. The maximum atomic E-state index is 14.8. The Morgan fingerprint density at radius 1 is 1.29 bits per heavy atom. The molecule has 9 nitrogen and oxygen atoms in total. The Morgan fingerprint density at radius 3 is 2.74 bits per heavy atom. The van der Waals surface area contributed by atoms with Crippen molar-refractivity contribution in [3.05, 3.63) is 70.9 Å². The van der Waals surface area contributed by atoms with Gasteiger partial charge in [0.2, 0.25) is 11.8 Å². The molecular formula is C24H27F2N7O2. The summed E-state index contributed by atoms with van der Waals surface area (Å²) < 4.78 is 29.2. The van der Waals surface area contributed by atoms with Gasteiger partial charge in [-0.3, -0.25) is 9.59 Å². The molecule has 4 rings (SSSR count). The maximum Gasteiger partial charge on any atom is 0.243 e. The van der Waals surface area contributed by atoms with Gasteiger partial charge in [0.05, 0.1) is 36.6 Å². The molecule has 0 unspecified atom stereocenters. The van der Waals surface area contributed by atoms with Gasteiger partial charge in [-0.2, -0.15) is 15.4 Å². The zero-order valence-corrected chi connectivity index (χ0v) is 19.4. The maximum absolute atomic E-state index is 14.8. The summed E-state index contributed by atoms with van der Waals surface area (Å²) in [6, 6.07) is 7.79. The molecule has 0 bridgehead atoms. The highest BCUT2D eigenvalue weighted by Gasteiger charge is 2.40. The number of hydrogen-bond donors (Lipinski definition) is 3. The van der Waals surface area contributed by atoms with E-state index in [1.807, 2.05) is 13.8 Å². The summed E-state index contributed by atoms with van der Waals surface area (Å²) >= 11 is 0. The fourth-order valence-electron chi connectivity index (χ4n) is 4.26. The number of rotatable bonds is 7. The Bertz CT molecular complexity index is 1200. The molecule has 11 heteroatoms. The number of amides is 2. The van der Waals surface area contributed by atoms with Crippen molar-refractivity contribution in [3.63, 3.8) is 0 Å². The second-order valence-corrected chi connectivity index (χ2v) is 8.90. The molecule has 0 saturated carbocycles. The molecule has 184 valence electrons. The summed E-state index contributed by atoms with van der Waals surface area (Å²) in [6.45, 7) is 3.57. The average Bonchev–Trinajstić information content (AvgIpc) is 3.46. The Balaban J connectivity index is 1.61. The predicted molar refractivity (Wildman–Crippen MR) is 124 cm³/mol. The normalized spacial score (nSPS) is 18.6. The first kappa shape index (κ1) is 24.2. The van der Waals surface area contributed by atoms with E-state index in [0.29, 0.717) is 22.5 Å². The number of hydrogen-bond acceptors (Lipinski definition) is 6. The average molecular weight is 484 g/mol. The number of carbonyl (C=O) groups is 2. The van der Waals surface area contributed by atoms with Crippen LogP contribution in [-0.2, 0) is 16.0 Å². The topological polar surface area (TPSA) is 130 Å². The summed E-state index contributed by atoms with van der Waals surface area (Å²) in [5, 5.41) is 12.8. The van der Waals surface area contributed by atoms with Gasteiger partial charge in [-0.15, -0.1) is 0 Å². The van der Waals surface area contributed by atoms with Crippen molar-refractivity contribution in [2.45, 2.75) is 50.9 Å². The van der Waals surface area contributed by atoms with Crippen LogP contribution >= 0.6 is 0 Å². The molecule has 1 saturated heterocycles. The first-order valence-electron chi connectivity index (χ1n) is 11.3. The van der Waals surface area contributed by atoms with Crippen molar-refractivity contribution in [1.29, 1.82) is 0 Å². The number of aromatic nitrogens is 4. The molecule has 3 atom stereocenters. The van der Waals surface area contributed by atoms with E-state index in [4.69, 9.17) is 5.73 Å². The quantitative estimate of drug-likeness (QED) is 0.473. The fraction of sp³-hybridized carbons (Fsp3) is 0.375. The highest BCUT2D eigenvalue weighted by atomic mass is 19.1. The van der Waals surface area contributed by atoms with E-state index in [1.165, 1.54) is 17.2 Å². The first-order chi connectivity index (χ1) is 16.7. The summed E-state index contributed by atoms with van der Waals surface area (Å²) in [4.78, 5) is 31.7. The molecule has 35 heavy (non-hydrogen) atoms. The van der Waals surface area contributed by atoms with Crippen LogP contribution in [0.5, 0.6) is 0 Å². The van der Waals surface area contributed by atoms with Gasteiger partial charge in [0.1, 0.15) is 23.8 Å². The second kappa shape index (κ2) is 10.2. The number of nitrogens with two attached hydrogens (primary N) is 1. The smallest absolute Gasteiger partial charge is 0.243 e. The lowest BCUT2D eigenvalue weighted by atomic mass is 9.96. The van der Waals surface area contributed by atoms with Gasteiger partial charge in [0, 0.05) is 6.42 Å².